The number of halogens is 1. The van der Waals surface area contributed by atoms with Crippen LogP contribution in [0.15, 0.2) is 36.4 Å². The summed E-state index contributed by atoms with van der Waals surface area (Å²) in [4.78, 5) is 0. The van der Waals surface area contributed by atoms with Crippen molar-refractivity contribution in [2.24, 2.45) is 0 Å². The van der Waals surface area contributed by atoms with Crippen molar-refractivity contribution in [3.63, 3.8) is 0 Å². The maximum atomic E-state index is 14.2. The Hall–Kier alpha value is -2.34. The second-order valence-corrected chi connectivity index (χ2v) is 4.92. The van der Waals surface area contributed by atoms with Crippen LogP contribution in [-0.2, 0) is 0 Å². The molecule has 0 spiro atoms. The summed E-state index contributed by atoms with van der Waals surface area (Å²) in [6.07, 6.45) is 0. The van der Waals surface area contributed by atoms with Crippen LogP contribution in [-0.4, -0.2) is 7.11 Å². The highest BCUT2D eigenvalue weighted by Crippen LogP contribution is 2.34. The Morgan fingerprint density at radius 3 is 2.40 bits per heavy atom. The van der Waals surface area contributed by atoms with Gasteiger partial charge in [-0.3, -0.25) is 0 Å². The lowest BCUT2D eigenvalue weighted by Crippen LogP contribution is -1.95. The summed E-state index contributed by atoms with van der Waals surface area (Å²) < 4.78 is 19.5. The zero-order valence-corrected chi connectivity index (χ0v) is 11.8. The largest absolute Gasteiger partial charge is 0.496 e. The van der Waals surface area contributed by atoms with Crippen LogP contribution in [0.25, 0.3) is 11.1 Å². The zero-order valence-electron chi connectivity index (χ0n) is 11.8. The Balaban J connectivity index is 2.61. The van der Waals surface area contributed by atoms with E-state index in [1.165, 1.54) is 6.07 Å². The molecule has 0 atom stereocenters. The predicted molar refractivity (Wildman–Crippen MR) is 77.2 cm³/mol. The summed E-state index contributed by atoms with van der Waals surface area (Å²) in [5, 5.41) is 8.80. The molecule has 20 heavy (non-hydrogen) atoms. The molecular formula is C17H16FNO. The number of benzene rings is 2. The predicted octanol–water partition coefficient (Wildman–Crippen LogP) is 4.50. The number of ether oxygens (including phenoxy) is 1. The summed E-state index contributed by atoms with van der Waals surface area (Å²) in [5.41, 5.74) is 2.58. The molecule has 0 aliphatic rings. The molecule has 0 aromatic heterocycles. The summed E-state index contributed by atoms with van der Waals surface area (Å²) in [7, 11) is 1.56. The quantitative estimate of drug-likeness (QED) is 0.822. The van der Waals surface area contributed by atoms with Crippen LogP contribution in [0.5, 0.6) is 5.75 Å². The smallest absolute Gasteiger partial charge is 0.132 e. The van der Waals surface area contributed by atoms with Crippen molar-refractivity contribution in [3.05, 3.63) is 53.3 Å². The van der Waals surface area contributed by atoms with Gasteiger partial charge in [0.15, 0.2) is 0 Å². The number of methoxy groups -OCH3 is 1. The fraction of sp³-hybridized carbons (Fsp3) is 0.235. The molecule has 0 saturated heterocycles. The van der Waals surface area contributed by atoms with E-state index in [0.29, 0.717) is 28.4 Å². The van der Waals surface area contributed by atoms with E-state index in [0.717, 1.165) is 5.56 Å². The molecule has 0 heterocycles. The minimum Gasteiger partial charge on any atom is -0.496 e. The lowest BCUT2D eigenvalue weighted by atomic mass is 9.96. The minimum absolute atomic E-state index is 0.310. The highest BCUT2D eigenvalue weighted by molar-refractivity contribution is 5.72. The Morgan fingerprint density at radius 1 is 1.10 bits per heavy atom. The molecule has 2 nitrogen and oxygen atoms in total. The first-order valence-corrected chi connectivity index (χ1v) is 6.44. The Bertz CT molecular complexity index is 671. The fourth-order valence-electron chi connectivity index (χ4n) is 2.10. The summed E-state index contributed by atoms with van der Waals surface area (Å²) >= 11 is 0. The van der Waals surface area contributed by atoms with Gasteiger partial charge >= 0.3 is 0 Å². The topological polar surface area (TPSA) is 33.0 Å². The minimum atomic E-state index is -0.414. The summed E-state index contributed by atoms with van der Waals surface area (Å²) in [6.45, 7) is 4.17. The second kappa shape index (κ2) is 5.75. The fourth-order valence-corrected chi connectivity index (χ4v) is 2.10. The molecular weight excluding hydrogens is 253 g/mol. The van der Waals surface area contributed by atoms with E-state index in [-0.39, 0.29) is 0 Å². The van der Waals surface area contributed by atoms with Gasteiger partial charge in [-0.1, -0.05) is 19.9 Å². The van der Waals surface area contributed by atoms with E-state index in [1.807, 2.05) is 24.3 Å². The average Bonchev–Trinajstić information content (AvgIpc) is 2.46. The number of hydrogen-bond acceptors (Lipinski definition) is 2. The Kier molecular flexibility index (Phi) is 4.05. The molecule has 2 aromatic rings. The van der Waals surface area contributed by atoms with Gasteiger partial charge in [0, 0.05) is 11.1 Å². The summed E-state index contributed by atoms with van der Waals surface area (Å²) in [6, 6.07) is 12.2. The monoisotopic (exact) mass is 269 g/mol. The van der Waals surface area contributed by atoms with Crippen molar-refractivity contribution in [1.29, 1.82) is 5.26 Å². The molecule has 0 bridgehead atoms. The van der Waals surface area contributed by atoms with Gasteiger partial charge < -0.3 is 4.74 Å². The molecule has 0 aliphatic heterocycles. The first-order valence-electron chi connectivity index (χ1n) is 6.44. The van der Waals surface area contributed by atoms with Crippen molar-refractivity contribution in [3.8, 4) is 22.9 Å². The van der Waals surface area contributed by atoms with E-state index in [1.54, 1.807) is 19.2 Å². The van der Waals surface area contributed by atoms with E-state index in [9.17, 15) is 4.39 Å². The lowest BCUT2D eigenvalue weighted by Gasteiger charge is -2.13. The standard InChI is InChI=1S/C17H16FNO/c1-11(2)13-5-7-17(20-3)15(9-13)14-6-4-12(10-19)8-16(14)18/h4-9,11H,1-3H3. The molecule has 0 saturated carbocycles. The third-order valence-corrected chi connectivity index (χ3v) is 3.28. The van der Waals surface area contributed by atoms with Crippen LogP contribution >= 0.6 is 0 Å². The van der Waals surface area contributed by atoms with E-state index >= 15 is 0 Å². The number of rotatable bonds is 3. The van der Waals surface area contributed by atoms with Crippen molar-refractivity contribution in [1.82, 2.24) is 0 Å². The highest BCUT2D eigenvalue weighted by Gasteiger charge is 2.13. The SMILES string of the molecule is COc1ccc(C(C)C)cc1-c1ccc(C#N)cc1F. The third-order valence-electron chi connectivity index (χ3n) is 3.28. The van der Waals surface area contributed by atoms with Crippen LogP contribution in [0, 0.1) is 17.1 Å². The van der Waals surface area contributed by atoms with Gasteiger partial charge in [-0.15, -0.1) is 0 Å². The highest BCUT2D eigenvalue weighted by atomic mass is 19.1. The van der Waals surface area contributed by atoms with Crippen LogP contribution in [0.2, 0.25) is 0 Å². The van der Waals surface area contributed by atoms with E-state index in [4.69, 9.17) is 10.00 Å². The van der Waals surface area contributed by atoms with Gasteiger partial charge in [0.25, 0.3) is 0 Å². The Morgan fingerprint density at radius 2 is 1.85 bits per heavy atom. The van der Waals surface area contributed by atoms with E-state index in [2.05, 4.69) is 13.8 Å². The number of nitriles is 1. The molecule has 2 rings (SSSR count). The normalized spacial score (nSPS) is 10.4. The van der Waals surface area contributed by atoms with Crippen LogP contribution in [0.3, 0.4) is 0 Å². The molecule has 102 valence electrons. The molecule has 2 aromatic carbocycles. The van der Waals surface area contributed by atoms with Crippen molar-refractivity contribution in [2.75, 3.05) is 7.11 Å². The van der Waals surface area contributed by atoms with Gasteiger partial charge in [0.05, 0.1) is 18.7 Å². The zero-order chi connectivity index (χ0) is 14.7. The first kappa shape index (κ1) is 14.1. The molecule has 0 N–H and O–H groups in total. The molecule has 0 unspecified atom stereocenters. The van der Waals surface area contributed by atoms with Crippen molar-refractivity contribution >= 4 is 0 Å². The molecule has 0 fully saturated rings. The number of nitrogens with zero attached hydrogens (tertiary/aromatic N) is 1. The maximum absolute atomic E-state index is 14.2. The summed E-state index contributed by atoms with van der Waals surface area (Å²) in [5.74, 6) is 0.558. The maximum Gasteiger partial charge on any atom is 0.132 e. The van der Waals surface area contributed by atoms with Crippen LogP contribution in [0.1, 0.15) is 30.9 Å². The van der Waals surface area contributed by atoms with Crippen molar-refractivity contribution < 1.29 is 9.13 Å². The van der Waals surface area contributed by atoms with Gasteiger partial charge in [-0.2, -0.15) is 5.26 Å². The van der Waals surface area contributed by atoms with Gasteiger partial charge in [-0.25, -0.2) is 4.39 Å². The van der Waals surface area contributed by atoms with Crippen molar-refractivity contribution in [2.45, 2.75) is 19.8 Å². The van der Waals surface area contributed by atoms with Gasteiger partial charge in [0.1, 0.15) is 11.6 Å². The lowest BCUT2D eigenvalue weighted by molar-refractivity contribution is 0.416. The molecule has 0 radical (unpaired) electrons. The third kappa shape index (κ3) is 2.65. The Labute approximate surface area is 118 Å². The van der Waals surface area contributed by atoms with Gasteiger partial charge in [0.2, 0.25) is 0 Å². The second-order valence-electron chi connectivity index (χ2n) is 4.92. The van der Waals surface area contributed by atoms with Crippen LogP contribution < -0.4 is 4.74 Å². The molecule has 0 amide bonds. The average molecular weight is 269 g/mol. The number of hydrogen-bond donors (Lipinski definition) is 0. The van der Waals surface area contributed by atoms with Gasteiger partial charge in [-0.05, 0) is 41.8 Å². The molecule has 0 aliphatic carbocycles. The molecule has 3 heteroatoms. The van der Waals surface area contributed by atoms with E-state index < -0.39 is 5.82 Å². The van der Waals surface area contributed by atoms with Crippen LogP contribution in [0.4, 0.5) is 4.39 Å². The first-order chi connectivity index (χ1) is 9.56.